The molecule has 488 valence electrons. The summed E-state index contributed by atoms with van der Waals surface area (Å²) in [6.45, 7) is 3.62. The molecule has 4 N–H and O–H groups in total. The Labute approximate surface area is 563 Å². The lowest BCUT2D eigenvalue weighted by Gasteiger charge is -2.23. The average Bonchev–Trinajstić information content (AvgIpc) is 0.790. The van der Waals surface area contributed by atoms with Crippen molar-refractivity contribution in [1.82, 2.24) is 9.13 Å². The van der Waals surface area contributed by atoms with E-state index in [2.05, 4.69) is 27.3 Å². The molecular weight excluding hydrogens is 1260 g/mol. The molecule has 4 aliphatic rings. The number of aryl methyl sites for hydroxylation is 6. The summed E-state index contributed by atoms with van der Waals surface area (Å²) < 4.78 is 55.6. The topological polar surface area (TPSA) is 160 Å². The lowest BCUT2D eigenvalue weighted by atomic mass is 9.87. The molecule has 6 heterocycles. The Kier molecular flexibility index (Phi) is 20.8. The second-order valence-corrected chi connectivity index (χ2v) is 25.3. The number of nitrogens with zero attached hydrogens (tertiary/aromatic N) is 2. The lowest BCUT2D eigenvalue weighted by molar-refractivity contribution is -0.117. The van der Waals surface area contributed by atoms with E-state index in [0.717, 1.165) is 118 Å². The highest BCUT2D eigenvalue weighted by atomic mass is 35.5. The summed E-state index contributed by atoms with van der Waals surface area (Å²) in [4.78, 5) is 70.7. The molecule has 0 saturated carbocycles. The zero-order chi connectivity index (χ0) is 67.9. The van der Waals surface area contributed by atoms with Gasteiger partial charge in [0.1, 0.15) is 23.3 Å². The number of aromatic nitrogens is 2. The van der Waals surface area contributed by atoms with Gasteiger partial charge in [-0.3, -0.25) is 28.8 Å². The minimum atomic E-state index is -0.268. The third kappa shape index (κ3) is 16.3. The van der Waals surface area contributed by atoms with E-state index in [1.54, 1.807) is 77.8 Å². The molecule has 0 atom stereocenters. The molecule has 0 radical (unpaired) electrons. The Balaban J connectivity index is 0.000000132. The first-order chi connectivity index (χ1) is 46.1. The molecule has 0 saturated heterocycles. The number of hydrogen-bond acceptors (Lipinski definition) is 6. The minimum Gasteiger partial charge on any atom is -0.326 e. The van der Waals surface area contributed by atoms with E-state index in [0.29, 0.717) is 91.8 Å². The van der Waals surface area contributed by atoms with Crippen LogP contribution in [0.25, 0.3) is 22.3 Å². The summed E-state index contributed by atoms with van der Waals surface area (Å²) in [6.07, 6.45) is 10.8. The summed E-state index contributed by atoms with van der Waals surface area (Å²) in [5.74, 6) is -0.924. The fraction of sp³-hybridized carbons (Fsp3) is 0.205. The van der Waals surface area contributed by atoms with E-state index in [-0.39, 0.29) is 58.0 Å². The fourth-order valence-corrected chi connectivity index (χ4v) is 13.0. The third-order valence-electron chi connectivity index (χ3n) is 17.5. The zero-order valence-corrected chi connectivity index (χ0v) is 54.8. The molecule has 96 heavy (non-hydrogen) atoms. The SMILES string of the molecule is Cc1cc(-c2cc3c(cc2Cc2ccc(F)cc2)NC(=O)CC3)cn(C)c1=O.Cc1cc(-c2ccc3c(c2Cc2ccc(F)cc2)CCC(=O)N3)cn(C)c1=O.O=C1CCc2c(ccc(Cl)c2Cc2ccc(F)cc2)N1.O=C1CCc2cc(Cl)c(Cc3ccc(F)cc3)cc2N1. The van der Waals surface area contributed by atoms with Crippen LogP contribution >= 0.6 is 23.2 Å². The van der Waals surface area contributed by atoms with Crippen molar-refractivity contribution in [2.45, 2.75) is 90.9 Å². The van der Waals surface area contributed by atoms with Crippen LogP contribution in [0.3, 0.4) is 0 Å². The van der Waals surface area contributed by atoms with E-state index < -0.39 is 0 Å². The molecule has 4 aliphatic heterocycles. The van der Waals surface area contributed by atoms with Crippen molar-refractivity contribution in [3.8, 4) is 22.3 Å². The van der Waals surface area contributed by atoms with E-state index in [4.69, 9.17) is 23.2 Å². The van der Waals surface area contributed by atoms with Crippen LogP contribution in [0.15, 0.2) is 180 Å². The molecule has 4 amide bonds. The summed E-state index contributed by atoms with van der Waals surface area (Å²) in [6, 6.07) is 45.0. The molecule has 14 rings (SSSR count). The van der Waals surface area contributed by atoms with Gasteiger partial charge in [-0.15, -0.1) is 0 Å². The van der Waals surface area contributed by atoms with Crippen molar-refractivity contribution in [1.29, 1.82) is 0 Å². The highest BCUT2D eigenvalue weighted by molar-refractivity contribution is 6.32. The maximum absolute atomic E-state index is 13.3. The van der Waals surface area contributed by atoms with Gasteiger partial charge in [-0.1, -0.05) is 77.8 Å². The van der Waals surface area contributed by atoms with Gasteiger partial charge in [0.2, 0.25) is 23.6 Å². The Morgan fingerprint density at radius 2 is 0.729 bits per heavy atom. The highest BCUT2D eigenvalue weighted by Crippen LogP contribution is 2.38. The van der Waals surface area contributed by atoms with Crippen molar-refractivity contribution in [3.05, 3.63) is 302 Å². The molecule has 0 unspecified atom stereocenters. The van der Waals surface area contributed by atoms with Gasteiger partial charge >= 0.3 is 0 Å². The van der Waals surface area contributed by atoms with Crippen molar-refractivity contribution in [3.63, 3.8) is 0 Å². The molecule has 0 aliphatic carbocycles. The quantitative estimate of drug-likeness (QED) is 0.0998. The second-order valence-electron chi connectivity index (χ2n) is 24.5. The fourth-order valence-electron chi connectivity index (χ4n) is 12.5. The van der Waals surface area contributed by atoms with Crippen LogP contribution in [-0.2, 0) is 84.6 Å². The maximum Gasteiger partial charge on any atom is 0.253 e. The number of carbonyl (C=O) groups is 4. The number of nitrogens with one attached hydrogen (secondary N) is 4. The monoisotopic (exact) mass is 1330 g/mol. The maximum atomic E-state index is 13.3. The number of benzene rings is 8. The van der Waals surface area contributed by atoms with Crippen LogP contribution in [0.1, 0.15) is 104 Å². The third-order valence-corrected chi connectivity index (χ3v) is 18.2. The molecule has 0 spiro atoms. The normalized spacial score (nSPS) is 13.4. The number of hydrogen-bond donors (Lipinski definition) is 4. The van der Waals surface area contributed by atoms with Crippen LogP contribution in [-0.4, -0.2) is 32.8 Å². The zero-order valence-electron chi connectivity index (χ0n) is 53.3. The molecule has 8 aromatic carbocycles. The van der Waals surface area contributed by atoms with Crippen molar-refractivity contribution in [2.24, 2.45) is 14.1 Å². The first-order valence-electron chi connectivity index (χ1n) is 31.5. The van der Waals surface area contributed by atoms with Crippen LogP contribution in [0.4, 0.5) is 40.3 Å². The smallest absolute Gasteiger partial charge is 0.253 e. The first-order valence-corrected chi connectivity index (χ1v) is 32.3. The molecule has 0 bridgehead atoms. The Morgan fingerprint density at radius 3 is 1.19 bits per heavy atom. The number of carbonyl (C=O) groups excluding carboxylic acids is 4. The van der Waals surface area contributed by atoms with Crippen LogP contribution in [0, 0.1) is 37.1 Å². The highest BCUT2D eigenvalue weighted by Gasteiger charge is 2.25. The average molecular weight is 1330 g/mol. The van der Waals surface area contributed by atoms with Gasteiger partial charge in [-0.25, -0.2) is 17.6 Å². The molecule has 2 aromatic heterocycles. The number of anilines is 4. The summed E-state index contributed by atoms with van der Waals surface area (Å²) in [5.41, 5.74) is 21.0. The molecule has 0 fully saturated rings. The summed E-state index contributed by atoms with van der Waals surface area (Å²) in [7, 11) is 3.49. The summed E-state index contributed by atoms with van der Waals surface area (Å²) in [5, 5.41) is 13.0. The van der Waals surface area contributed by atoms with Gasteiger partial charge in [0.05, 0.1) is 0 Å². The van der Waals surface area contributed by atoms with Crippen LogP contribution < -0.4 is 32.4 Å². The number of amides is 4. The molecule has 12 nitrogen and oxygen atoms in total. The van der Waals surface area contributed by atoms with Crippen LogP contribution in [0.2, 0.25) is 10.0 Å². The minimum absolute atomic E-state index is 0.0194. The predicted molar refractivity (Wildman–Crippen MR) is 371 cm³/mol. The van der Waals surface area contributed by atoms with E-state index in [1.807, 2.05) is 74.8 Å². The number of fused-ring (bicyclic) bond motifs is 4. The van der Waals surface area contributed by atoms with Gasteiger partial charge in [0.15, 0.2) is 0 Å². The van der Waals surface area contributed by atoms with E-state index in [9.17, 15) is 46.3 Å². The first kappa shape index (κ1) is 67.3. The number of halogens is 6. The molecule has 18 heteroatoms. The largest absolute Gasteiger partial charge is 0.326 e. The van der Waals surface area contributed by atoms with Crippen molar-refractivity contribution < 1.29 is 36.7 Å². The predicted octanol–water partition coefficient (Wildman–Crippen LogP) is 15.9. The van der Waals surface area contributed by atoms with Gasteiger partial charge < -0.3 is 30.4 Å². The molecular formula is C78H68Cl2F4N6O6. The molecule has 10 aromatic rings. The summed E-state index contributed by atoms with van der Waals surface area (Å²) >= 11 is 12.6. The lowest BCUT2D eigenvalue weighted by Crippen LogP contribution is -2.21. The van der Waals surface area contributed by atoms with E-state index in [1.165, 1.54) is 48.5 Å². The van der Waals surface area contributed by atoms with Crippen molar-refractivity contribution >= 4 is 69.6 Å². The van der Waals surface area contributed by atoms with Gasteiger partial charge in [0, 0.05) is 96.1 Å². The second kappa shape index (κ2) is 29.6. The Bertz CT molecular complexity index is 4650. The number of rotatable bonds is 10. The Hall–Kier alpha value is -10.2. The van der Waals surface area contributed by atoms with Gasteiger partial charge in [-0.05, 0) is 257 Å². The Morgan fingerprint density at radius 1 is 0.365 bits per heavy atom. The van der Waals surface area contributed by atoms with Gasteiger partial charge in [0.25, 0.3) is 11.1 Å². The van der Waals surface area contributed by atoms with Gasteiger partial charge in [-0.2, -0.15) is 0 Å². The standard InChI is InChI=1S/2C23H21FN2O2.2C16H13ClFNO/c1-14-9-18(13-26(2)23(14)28)20-11-16-5-8-22(27)25-21(16)12-17(20)10-15-3-6-19(24)7-4-15;1-14-11-16(13-26(2)23(14)28)18-7-9-21-19(8-10-22(27)25-21)20(18)12-15-3-5-17(24)6-4-15;17-14-8-11-3-6-16(20)19-15(11)9-12(14)7-10-1-4-13(18)5-2-10;17-14-6-7-15-12(5-8-16(20)19-15)13(14)9-10-1-3-11(18)4-2-10/h3-4,6-7,9,11-13H,5,8,10H2,1-2H3,(H,25,27);3-7,9,11,13H,8,10,12H2,1-2H3,(H,25,27);1-2,4-5,8-9H,3,6-7H2,(H,19,20);1-4,6-7H,5,8-9H2,(H,19,20). The number of pyridine rings is 2. The van der Waals surface area contributed by atoms with Crippen LogP contribution in [0.5, 0.6) is 0 Å². The van der Waals surface area contributed by atoms with Crippen molar-refractivity contribution in [2.75, 3.05) is 21.3 Å². The van der Waals surface area contributed by atoms with E-state index >= 15 is 0 Å².